The van der Waals surface area contributed by atoms with Gasteiger partial charge in [-0.2, -0.15) is 0 Å². The summed E-state index contributed by atoms with van der Waals surface area (Å²) < 4.78 is 4.45. The molecule has 0 aliphatic carbocycles. The largest absolute Gasteiger partial charge is 0.294 e. The van der Waals surface area contributed by atoms with Gasteiger partial charge in [0.1, 0.15) is 5.65 Å². The van der Waals surface area contributed by atoms with E-state index in [9.17, 15) is 0 Å². The van der Waals surface area contributed by atoms with E-state index >= 15 is 0 Å². The molecule has 0 saturated heterocycles. The van der Waals surface area contributed by atoms with E-state index in [4.69, 9.17) is 15.0 Å². The average Bonchev–Trinajstić information content (AvgIpc) is 3.71. The van der Waals surface area contributed by atoms with E-state index in [0.717, 1.165) is 77.7 Å². The molecule has 0 unspecified atom stereocenters. The number of fused-ring (bicyclic) bond motifs is 6. The van der Waals surface area contributed by atoms with Crippen LogP contribution in [0, 0.1) is 0 Å². The van der Waals surface area contributed by atoms with Gasteiger partial charge in [0.25, 0.3) is 0 Å². The molecule has 5 heteroatoms. The fourth-order valence-electron chi connectivity index (χ4n) is 7.12. The van der Waals surface area contributed by atoms with Crippen LogP contribution in [0.4, 0.5) is 0 Å². The number of allylic oxidation sites excluding steroid dienone is 5. The van der Waals surface area contributed by atoms with Crippen LogP contribution in [-0.2, 0) is 0 Å². The summed E-state index contributed by atoms with van der Waals surface area (Å²) in [5.41, 5.74) is 11.0. The van der Waals surface area contributed by atoms with E-state index < -0.39 is 0 Å². The number of aromatic nitrogens is 5. The van der Waals surface area contributed by atoms with Gasteiger partial charge >= 0.3 is 0 Å². The zero-order chi connectivity index (χ0) is 34.3. The molecule has 242 valence electrons. The number of nitrogens with zero attached hydrogens (tertiary/aromatic N) is 5. The lowest BCUT2D eigenvalue weighted by Gasteiger charge is -2.12. The third kappa shape index (κ3) is 5.15. The molecule has 9 aromatic rings. The Morgan fingerprint density at radius 2 is 1.24 bits per heavy atom. The van der Waals surface area contributed by atoms with E-state index in [-0.39, 0.29) is 0 Å². The topological polar surface area (TPSA) is 48.5 Å². The number of benzene rings is 5. The lowest BCUT2D eigenvalue weighted by Crippen LogP contribution is -2.05. The summed E-state index contributed by atoms with van der Waals surface area (Å²) in [6.45, 7) is 6.12. The highest BCUT2D eigenvalue weighted by Crippen LogP contribution is 2.38. The van der Waals surface area contributed by atoms with Crippen molar-refractivity contribution < 1.29 is 0 Å². The van der Waals surface area contributed by atoms with Gasteiger partial charge in [0.15, 0.2) is 0 Å². The highest BCUT2D eigenvalue weighted by atomic mass is 15.2. The van der Waals surface area contributed by atoms with Crippen molar-refractivity contribution in [3.63, 3.8) is 0 Å². The fraction of sp³-hybridized carbons (Fsp3) is 0.0217. The second-order valence-electron chi connectivity index (χ2n) is 12.5. The highest BCUT2D eigenvalue weighted by molar-refractivity contribution is 6.11. The molecular formula is C46H33N5. The van der Waals surface area contributed by atoms with Crippen molar-refractivity contribution in [2.75, 3.05) is 0 Å². The molecule has 5 aromatic carbocycles. The molecule has 4 heterocycles. The zero-order valence-electron chi connectivity index (χ0n) is 28.1. The number of hydrogen-bond acceptors (Lipinski definition) is 3. The van der Waals surface area contributed by atoms with Gasteiger partial charge in [-0.1, -0.05) is 122 Å². The second-order valence-corrected chi connectivity index (χ2v) is 12.5. The van der Waals surface area contributed by atoms with E-state index in [0.29, 0.717) is 5.95 Å². The Morgan fingerprint density at radius 1 is 0.588 bits per heavy atom. The van der Waals surface area contributed by atoms with Crippen LogP contribution < -0.4 is 0 Å². The Labute approximate surface area is 295 Å². The standard InChI is InChI=1S/C46H33N5/c1-3-5-15-31(4-2)40-30-41(32-16-8-6-9-17-32)49-46(48-40)51-42-22-13-12-20-36(42)37-25-23-34(29-44(37)51)33-24-26-38-39-21-14-27-47-45(39)50(43(38)28-33)35-18-10-7-11-19-35/h3-30H,2H2,1H3/b5-3-,31-15+. The molecule has 0 amide bonds. The maximum Gasteiger partial charge on any atom is 0.235 e. The van der Waals surface area contributed by atoms with Gasteiger partial charge in [-0.3, -0.25) is 9.13 Å². The van der Waals surface area contributed by atoms with Crippen molar-refractivity contribution in [3.8, 4) is 34.0 Å². The van der Waals surface area contributed by atoms with E-state index in [1.165, 1.54) is 5.39 Å². The normalized spacial score (nSPS) is 12.1. The van der Waals surface area contributed by atoms with Gasteiger partial charge in [0, 0.05) is 39.0 Å². The molecule has 5 nitrogen and oxygen atoms in total. The van der Waals surface area contributed by atoms with Gasteiger partial charge in [-0.15, -0.1) is 0 Å². The third-order valence-corrected chi connectivity index (χ3v) is 9.52. The van der Waals surface area contributed by atoms with Crippen molar-refractivity contribution in [1.82, 2.24) is 24.1 Å². The molecule has 0 aliphatic heterocycles. The summed E-state index contributed by atoms with van der Waals surface area (Å²) in [5.74, 6) is 0.605. The minimum atomic E-state index is 0.605. The molecule has 0 bridgehead atoms. The van der Waals surface area contributed by atoms with Crippen molar-refractivity contribution >= 4 is 49.3 Å². The average molecular weight is 656 g/mol. The first kappa shape index (κ1) is 30.2. The lowest BCUT2D eigenvalue weighted by molar-refractivity contribution is 0.983. The summed E-state index contributed by atoms with van der Waals surface area (Å²) in [6.07, 6.45) is 9.77. The molecule has 0 fully saturated rings. The van der Waals surface area contributed by atoms with E-state index in [2.05, 4.69) is 119 Å². The second kappa shape index (κ2) is 12.6. The molecule has 0 atom stereocenters. The highest BCUT2D eigenvalue weighted by Gasteiger charge is 2.19. The van der Waals surface area contributed by atoms with Crippen LogP contribution in [0.1, 0.15) is 12.6 Å². The van der Waals surface area contributed by atoms with Gasteiger partial charge in [-0.05, 0) is 72.2 Å². The maximum absolute atomic E-state index is 5.22. The van der Waals surface area contributed by atoms with Crippen LogP contribution in [0.25, 0.3) is 83.3 Å². The quantitative estimate of drug-likeness (QED) is 0.161. The number of pyridine rings is 1. The van der Waals surface area contributed by atoms with Gasteiger partial charge in [-0.25, -0.2) is 15.0 Å². The molecule has 0 aliphatic rings. The first-order valence-electron chi connectivity index (χ1n) is 17.1. The van der Waals surface area contributed by atoms with Crippen molar-refractivity contribution in [2.45, 2.75) is 6.92 Å². The molecule has 0 saturated carbocycles. The smallest absolute Gasteiger partial charge is 0.235 e. The minimum Gasteiger partial charge on any atom is -0.294 e. The van der Waals surface area contributed by atoms with Crippen LogP contribution in [0.5, 0.6) is 0 Å². The molecule has 0 spiro atoms. The summed E-state index contributed by atoms with van der Waals surface area (Å²) in [6, 6.07) is 48.9. The Hall–Kier alpha value is -6.85. The van der Waals surface area contributed by atoms with E-state index in [1.807, 2.05) is 73.8 Å². The fourth-order valence-corrected chi connectivity index (χ4v) is 7.12. The Morgan fingerprint density at radius 3 is 1.98 bits per heavy atom. The summed E-state index contributed by atoms with van der Waals surface area (Å²) in [4.78, 5) is 15.2. The summed E-state index contributed by atoms with van der Waals surface area (Å²) in [7, 11) is 0. The predicted octanol–water partition coefficient (Wildman–Crippen LogP) is 11.5. The van der Waals surface area contributed by atoms with Crippen LogP contribution in [0.15, 0.2) is 177 Å². The molecular weight excluding hydrogens is 623 g/mol. The first-order chi connectivity index (χ1) is 25.2. The van der Waals surface area contributed by atoms with Crippen LogP contribution >= 0.6 is 0 Å². The molecule has 0 N–H and O–H groups in total. The lowest BCUT2D eigenvalue weighted by atomic mass is 10.0. The number of hydrogen-bond donors (Lipinski definition) is 0. The summed E-state index contributed by atoms with van der Waals surface area (Å²) in [5, 5.41) is 4.59. The minimum absolute atomic E-state index is 0.605. The summed E-state index contributed by atoms with van der Waals surface area (Å²) >= 11 is 0. The zero-order valence-corrected chi connectivity index (χ0v) is 28.1. The monoisotopic (exact) mass is 655 g/mol. The van der Waals surface area contributed by atoms with Gasteiger partial charge in [0.05, 0.1) is 27.9 Å². The van der Waals surface area contributed by atoms with Gasteiger partial charge < -0.3 is 0 Å². The maximum atomic E-state index is 5.22. The van der Waals surface area contributed by atoms with Crippen LogP contribution in [0.3, 0.4) is 0 Å². The van der Waals surface area contributed by atoms with Crippen LogP contribution in [0.2, 0.25) is 0 Å². The Bertz CT molecular complexity index is 2820. The van der Waals surface area contributed by atoms with Gasteiger partial charge in [0.2, 0.25) is 5.95 Å². The number of rotatable bonds is 7. The third-order valence-electron chi connectivity index (χ3n) is 9.52. The SMILES string of the molecule is C=C/C(=C\C=C/C)c1cc(-c2ccccc2)nc(-n2c3ccccc3c3ccc(-c4ccc5c6cccnc6n(-c6ccccc6)c5c4)cc32)n1. The van der Waals surface area contributed by atoms with Crippen molar-refractivity contribution in [2.24, 2.45) is 0 Å². The Balaban J connectivity index is 1.29. The van der Waals surface area contributed by atoms with Crippen molar-refractivity contribution in [3.05, 3.63) is 182 Å². The Kier molecular flexibility index (Phi) is 7.44. The molecule has 4 aromatic heterocycles. The predicted molar refractivity (Wildman–Crippen MR) is 212 cm³/mol. The first-order valence-corrected chi connectivity index (χ1v) is 17.1. The molecule has 51 heavy (non-hydrogen) atoms. The molecule has 0 radical (unpaired) electrons. The van der Waals surface area contributed by atoms with E-state index in [1.54, 1.807) is 0 Å². The molecule has 9 rings (SSSR count). The van der Waals surface area contributed by atoms with Crippen LogP contribution in [-0.4, -0.2) is 24.1 Å². The number of para-hydroxylation sites is 2. The van der Waals surface area contributed by atoms with Crippen molar-refractivity contribution in [1.29, 1.82) is 0 Å².